The Morgan fingerprint density at radius 1 is 1.06 bits per heavy atom. The lowest BCUT2D eigenvalue weighted by Crippen LogP contribution is -2.50. The number of rotatable bonds is 6. The number of hydrogen-bond donors (Lipinski definition) is 0. The highest BCUT2D eigenvalue weighted by atomic mass is 28.4. The van der Waals surface area contributed by atoms with Gasteiger partial charge in [-0.2, -0.15) is 0 Å². The standard InChI is InChI=1S/C14H24OSi/c1-5-16(6-2,15-12-13(3)4)14-10-8-7-9-11-14/h7-11,13H,5-6,12H2,1-4H3. The van der Waals surface area contributed by atoms with Crippen molar-refractivity contribution in [2.24, 2.45) is 5.92 Å². The third-order valence-electron chi connectivity index (χ3n) is 3.14. The van der Waals surface area contributed by atoms with Gasteiger partial charge in [-0.3, -0.25) is 0 Å². The van der Waals surface area contributed by atoms with E-state index in [-0.39, 0.29) is 0 Å². The second kappa shape index (κ2) is 6.21. The first-order valence-corrected chi connectivity index (χ1v) is 8.66. The molecule has 0 radical (unpaired) electrons. The van der Waals surface area contributed by atoms with Crippen molar-refractivity contribution >= 4 is 13.5 Å². The molecule has 90 valence electrons. The summed E-state index contributed by atoms with van der Waals surface area (Å²) in [5, 5.41) is 1.45. The summed E-state index contributed by atoms with van der Waals surface area (Å²) in [6.07, 6.45) is 0. The molecular weight excluding hydrogens is 212 g/mol. The molecular formula is C14H24OSi. The SMILES string of the molecule is CC[Si](CC)(OCC(C)C)c1ccccc1. The minimum absolute atomic E-state index is 0.619. The molecule has 0 N–H and O–H groups in total. The molecule has 16 heavy (non-hydrogen) atoms. The van der Waals surface area contributed by atoms with Crippen LogP contribution < -0.4 is 5.19 Å². The smallest absolute Gasteiger partial charge is 0.223 e. The summed E-state index contributed by atoms with van der Waals surface area (Å²) in [4.78, 5) is 0. The first-order chi connectivity index (χ1) is 7.64. The van der Waals surface area contributed by atoms with E-state index in [1.165, 1.54) is 17.3 Å². The van der Waals surface area contributed by atoms with E-state index in [1.807, 2.05) is 0 Å². The summed E-state index contributed by atoms with van der Waals surface area (Å²) in [6, 6.07) is 13.1. The van der Waals surface area contributed by atoms with Crippen molar-refractivity contribution in [1.82, 2.24) is 0 Å². The first-order valence-electron chi connectivity index (χ1n) is 6.34. The molecule has 0 aromatic heterocycles. The van der Waals surface area contributed by atoms with E-state index in [2.05, 4.69) is 58.0 Å². The van der Waals surface area contributed by atoms with Crippen LogP contribution in [0.1, 0.15) is 27.7 Å². The van der Waals surface area contributed by atoms with Crippen molar-refractivity contribution in [1.29, 1.82) is 0 Å². The van der Waals surface area contributed by atoms with E-state index in [9.17, 15) is 0 Å². The minimum Gasteiger partial charge on any atom is -0.412 e. The van der Waals surface area contributed by atoms with E-state index in [4.69, 9.17) is 4.43 Å². The number of hydrogen-bond acceptors (Lipinski definition) is 1. The summed E-state index contributed by atoms with van der Waals surface area (Å²) in [7, 11) is -1.68. The summed E-state index contributed by atoms with van der Waals surface area (Å²) < 4.78 is 6.31. The van der Waals surface area contributed by atoms with Crippen LogP contribution in [0.25, 0.3) is 0 Å². The molecule has 0 saturated carbocycles. The average Bonchev–Trinajstić information content (AvgIpc) is 2.32. The van der Waals surface area contributed by atoms with Gasteiger partial charge >= 0.3 is 0 Å². The van der Waals surface area contributed by atoms with Gasteiger partial charge < -0.3 is 4.43 Å². The number of benzene rings is 1. The molecule has 0 fully saturated rings. The molecule has 0 amide bonds. The Bertz CT molecular complexity index is 291. The largest absolute Gasteiger partial charge is 0.412 e. The molecule has 0 aliphatic carbocycles. The molecule has 2 heteroatoms. The van der Waals surface area contributed by atoms with Crippen LogP contribution in [0.3, 0.4) is 0 Å². The van der Waals surface area contributed by atoms with Crippen molar-refractivity contribution in [2.75, 3.05) is 6.61 Å². The van der Waals surface area contributed by atoms with Gasteiger partial charge in [-0.1, -0.05) is 58.0 Å². The second-order valence-corrected chi connectivity index (χ2v) is 9.04. The highest BCUT2D eigenvalue weighted by Crippen LogP contribution is 2.18. The van der Waals surface area contributed by atoms with E-state index < -0.39 is 8.32 Å². The van der Waals surface area contributed by atoms with Gasteiger partial charge in [0.2, 0.25) is 8.32 Å². The second-order valence-electron chi connectivity index (χ2n) is 4.77. The average molecular weight is 236 g/mol. The minimum atomic E-state index is -1.68. The third-order valence-corrected chi connectivity index (χ3v) is 7.52. The maximum Gasteiger partial charge on any atom is 0.223 e. The van der Waals surface area contributed by atoms with E-state index in [1.54, 1.807) is 0 Å². The maximum absolute atomic E-state index is 6.31. The van der Waals surface area contributed by atoms with Crippen LogP contribution in [-0.2, 0) is 4.43 Å². The molecule has 0 aliphatic rings. The topological polar surface area (TPSA) is 9.23 Å². The van der Waals surface area contributed by atoms with Gasteiger partial charge in [0.1, 0.15) is 0 Å². The van der Waals surface area contributed by atoms with Crippen molar-refractivity contribution in [3.8, 4) is 0 Å². The highest BCUT2D eigenvalue weighted by molar-refractivity contribution is 6.86. The molecule has 1 aromatic carbocycles. The summed E-state index contributed by atoms with van der Waals surface area (Å²) in [5.41, 5.74) is 0. The predicted molar refractivity (Wildman–Crippen MR) is 73.6 cm³/mol. The van der Waals surface area contributed by atoms with Crippen molar-refractivity contribution in [3.05, 3.63) is 30.3 Å². The fraction of sp³-hybridized carbons (Fsp3) is 0.571. The lowest BCUT2D eigenvalue weighted by atomic mass is 10.2. The zero-order valence-electron chi connectivity index (χ0n) is 11.0. The monoisotopic (exact) mass is 236 g/mol. The summed E-state index contributed by atoms with van der Waals surface area (Å²) in [5.74, 6) is 0.619. The van der Waals surface area contributed by atoms with Gasteiger partial charge in [-0.15, -0.1) is 0 Å². The van der Waals surface area contributed by atoms with Crippen LogP contribution in [0.4, 0.5) is 0 Å². The fourth-order valence-corrected chi connectivity index (χ4v) is 5.36. The fourth-order valence-electron chi connectivity index (χ4n) is 2.01. The Morgan fingerprint density at radius 3 is 2.06 bits per heavy atom. The van der Waals surface area contributed by atoms with Gasteiger partial charge in [0.25, 0.3) is 0 Å². The molecule has 0 heterocycles. The van der Waals surface area contributed by atoms with Crippen LogP contribution in [0, 0.1) is 5.92 Å². The third kappa shape index (κ3) is 3.19. The molecule has 0 bridgehead atoms. The molecule has 1 aromatic rings. The van der Waals surface area contributed by atoms with Crippen molar-refractivity contribution in [3.63, 3.8) is 0 Å². The van der Waals surface area contributed by atoms with Crippen LogP contribution in [0.2, 0.25) is 12.1 Å². The predicted octanol–water partition coefficient (Wildman–Crippen LogP) is 3.55. The van der Waals surface area contributed by atoms with Gasteiger partial charge in [-0.05, 0) is 23.2 Å². The summed E-state index contributed by atoms with van der Waals surface area (Å²) >= 11 is 0. The van der Waals surface area contributed by atoms with Crippen molar-refractivity contribution < 1.29 is 4.43 Å². The Labute approximate surface area is 101 Å². The van der Waals surface area contributed by atoms with Gasteiger partial charge in [-0.25, -0.2) is 0 Å². The van der Waals surface area contributed by atoms with Gasteiger partial charge in [0, 0.05) is 6.61 Å². The molecule has 0 spiro atoms. The molecule has 0 saturated heterocycles. The zero-order valence-corrected chi connectivity index (χ0v) is 12.0. The van der Waals surface area contributed by atoms with E-state index in [0.29, 0.717) is 5.92 Å². The van der Waals surface area contributed by atoms with Crippen LogP contribution in [0.15, 0.2) is 30.3 Å². The maximum atomic E-state index is 6.31. The van der Waals surface area contributed by atoms with E-state index >= 15 is 0 Å². The Morgan fingerprint density at radius 2 is 1.62 bits per heavy atom. The quantitative estimate of drug-likeness (QED) is 0.686. The lowest BCUT2D eigenvalue weighted by Gasteiger charge is -2.30. The normalized spacial score (nSPS) is 12.1. The van der Waals surface area contributed by atoms with Crippen molar-refractivity contribution in [2.45, 2.75) is 39.8 Å². The first kappa shape index (κ1) is 13.5. The molecule has 0 atom stereocenters. The zero-order chi connectivity index (χ0) is 12.0. The highest BCUT2D eigenvalue weighted by Gasteiger charge is 2.33. The molecule has 1 rings (SSSR count). The molecule has 1 nitrogen and oxygen atoms in total. The Balaban J connectivity index is 2.87. The summed E-state index contributed by atoms with van der Waals surface area (Å²) in [6.45, 7) is 9.86. The molecule has 0 aliphatic heterocycles. The van der Waals surface area contributed by atoms with Gasteiger partial charge in [0.15, 0.2) is 0 Å². The van der Waals surface area contributed by atoms with E-state index in [0.717, 1.165) is 6.61 Å². The van der Waals surface area contributed by atoms with Crippen LogP contribution >= 0.6 is 0 Å². The Kier molecular flexibility index (Phi) is 5.23. The molecule has 0 unspecified atom stereocenters. The van der Waals surface area contributed by atoms with Crippen LogP contribution in [-0.4, -0.2) is 14.9 Å². The van der Waals surface area contributed by atoms with Crippen LogP contribution in [0.5, 0.6) is 0 Å². The Hall–Kier alpha value is -0.603. The van der Waals surface area contributed by atoms with Gasteiger partial charge in [0.05, 0.1) is 0 Å². The lowest BCUT2D eigenvalue weighted by molar-refractivity contribution is 0.262.